The lowest BCUT2D eigenvalue weighted by atomic mass is 10.2. The molecule has 5 nitrogen and oxygen atoms in total. The van der Waals surface area contributed by atoms with Crippen molar-refractivity contribution in [1.29, 1.82) is 0 Å². The molecule has 0 aromatic rings. The number of carbonyl (C=O) groups is 1. The van der Waals surface area contributed by atoms with Crippen LogP contribution in [-0.4, -0.2) is 42.9 Å². The zero-order valence-electron chi connectivity index (χ0n) is 7.75. The third-order valence-corrected chi connectivity index (χ3v) is 2.23. The summed E-state index contributed by atoms with van der Waals surface area (Å²) in [5.74, 6) is -0.256. The molecule has 0 aliphatic heterocycles. The topological polar surface area (TPSA) is 84.6 Å². The van der Waals surface area contributed by atoms with Gasteiger partial charge in [0.05, 0.1) is 18.8 Å². The van der Waals surface area contributed by atoms with Crippen molar-refractivity contribution in [3.8, 4) is 0 Å². The van der Waals surface area contributed by atoms with Crippen LogP contribution in [0.1, 0.15) is 12.8 Å². The van der Waals surface area contributed by atoms with Gasteiger partial charge in [-0.3, -0.25) is 4.79 Å². The van der Waals surface area contributed by atoms with Gasteiger partial charge in [-0.15, -0.1) is 0 Å². The molecule has 1 aliphatic rings. The number of hydrogen-bond acceptors (Lipinski definition) is 4. The molecular weight excluding hydrogens is 172 g/mol. The number of aliphatic hydroxyl groups is 1. The molecule has 1 unspecified atom stereocenters. The van der Waals surface area contributed by atoms with Crippen molar-refractivity contribution in [3.63, 3.8) is 0 Å². The molecule has 0 aromatic carbocycles. The zero-order valence-corrected chi connectivity index (χ0v) is 7.75. The lowest BCUT2D eigenvalue weighted by Crippen LogP contribution is -2.49. The highest BCUT2D eigenvalue weighted by Gasteiger charge is 2.43. The summed E-state index contributed by atoms with van der Waals surface area (Å²) in [5.41, 5.74) is 5.11. The molecule has 0 aromatic heterocycles. The number of nitrogens with one attached hydrogen (secondary N) is 1. The van der Waals surface area contributed by atoms with Gasteiger partial charge < -0.3 is 20.9 Å². The van der Waals surface area contributed by atoms with Crippen molar-refractivity contribution in [2.24, 2.45) is 5.73 Å². The smallest absolute Gasteiger partial charge is 0.239 e. The van der Waals surface area contributed by atoms with Crippen LogP contribution in [0.3, 0.4) is 0 Å². The molecule has 1 rings (SSSR count). The van der Waals surface area contributed by atoms with E-state index >= 15 is 0 Å². The Hall–Kier alpha value is -0.650. The van der Waals surface area contributed by atoms with Crippen molar-refractivity contribution in [1.82, 2.24) is 5.32 Å². The minimum Gasteiger partial charge on any atom is -0.394 e. The Balaban J connectivity index is 2.32. The highest BCUT2D eigenvalue weighted by atomic mass is 16.5. The molecule has 1 saturated carbocycles. The van der Waals surface area contributed by atoms with E-state index in [1.54, 1.807) is 0 Å². The number of hydrogen-bond donors (Lipinski definition) is 3. The largest absolute Gasteiger partial charge is 0.394 e. The van der Waals surface area contributed by atoms with Crippen LogP contribution in [0, 0.1) is 0 Å². The zero-order chi connectivity index (χ0) is 9.90. The van der Waals surface area contributed by atoms with Crippen LogP contribution < -0.4 is 11.1 Å². The van der Waals surface area contributed by atoms with Gasteiger partial charge in [-0.05, 0) is 12.8 Å². The number of carbonyl (C=O) groups excluding carboxylic acids is 1. The van der Waals surface area contributed by atoms with E-state index in [1.807, 2.05) is 0 Å². The molecule has 5 heteroatoms. The molecule has 1 fully saturated rings. The molecule has 0 radical (unpaired) electrons. The maximum absolute atomic E-state index is 11.3. The van der Waals surface area contributed by atoms with Crippen LogP contribution in [0.2, 0.25) is 0 Å². The predicted octanol–water partition coefficient (Wildman–Crippen LogP) is -1.40. The number of methoxy groups -OCH3 is 1. The second kappa shape index (κ2) is 4.04. The van der Waals surface area contributed by atoms with Crippen LogP contribution in [0.25, 0.3) is 0 Å². The summed E-state index contributed by atoms with van der Waals surface area (Å²) in [4.78, 5) is 11.3. The van der Waals surface area contributed by atoms with Crippen molar-refractivity contribution in [2.45, 2.75) is 24.4 Å². The van der Waals surface area contributed by atoms with Crippen molar-refractivity contribution in [3.05, 3.63) is 0 Å². The van der Waals surface area contributed by atoms with Gasteiger partial charge in [-0.1, -0.05) is 0 Å². The van der Waals surface area contributed by atoms with Crippen molar-refractivity contribution >= 4 is 5.91 Å². The summed E-state index contributed by atoms with van der Waals surface area (Å²) in [6.45, 7) is 0.186. The number of amides is 1. The van der Waals surface area contributed by atoms with Crippen molar-refractivity contribution in [2.75, 3.05) is 20.3 Å². The van der Waals surface area contributed by atoms with Crippen LogP contribution in [0.5, 0.6) is 0 Å². The van der Waals surface area contributed by atoms with E-state index in [4.69, 9.17) is 15.6 Å². The van der Waals surface area contributed by atoms with Gasteiger partial charge in [0.1, 0.15) is 6.04 Å². The van der Waals surface area contributed by atoms with E-state index in [9.17, 15) is 4.79 Å². The van der Waals surface area contributed by atoms with E-state index in [0.29, 0.717) is 0 Å². The Bertz CT molecular complexity index is 192. The molecule has 13 heavy (non-hydrogen) atoms. The molecule has 1 aliphatic carbocycles. The van der Waals surface area contributed by atoms with E-state index in [2.05, 4.69) is 5.32 Å². The highest BCUT2D eigenvalue weighted by molar-refractivity contribution is 5.82. The first-order valence-corrected chi connectivity index (χ1v) is 4.31. The first kappa shape index (κ1) is 10.4. The average Bonchev–Trinajstić information content (AvgIpc) is 2.86. The molecule has 0 saturated heterocycles. The van der Waals surface area contributed by atoms with Crippen LogP contribution in [-0.2, 0) is 9.53 Å². The maximum atomic E-state index is 11.3. The minimum atomic E-state index is -0.644. The Morgan fingerprint density at radius 2 is 2.38 bits per heavy atom. The molecule has 0 spiro atoms. The fraction of sp³-hybridized carbons (Fsp3) is 0.875. The van der Waals surface area contributed by atoms with Gasteiger partial charge in [0, 0.05) is 7.11 Å². The normalized spacial score (nSPS) is 20.8. The predicted molar refractivity (Wildman–Crippen MR) is 47.0 cm³/mol. The second-order valence-corrected chi connectivity index (χ2v) is 3.49. The van der Waals surface area contributed by atoms with E-state index < -0.39 is 6.04 Å². The third-order valence-electron chi connectivity index (χ3n) is 2.23. The molecule has 0 heterocycles. The van der Waals surface area contributed by atoms with Crippen LogP contribution in [0.4, 0.5) is 0 Å². The van der Waals surface area contributed by atoms with Crippen molar-refractivity contribution < 1.29 is 14.6 Å². The van der Waals surface area contributed by atoms with Gasteiger partial charge in [-0.25, -0.2) is 0 Å². The Labute approximate surface area is 77.2 Å². The number of ether oxygens (including phenoxy) is 1. The number of rotatable bonds is 5. The molecule has 0 bridgehead atoms. The summed E-state index contributed by atoms with van der Waals surface area (Å²) in [6, 6.07) is -0.644. The summed E-state index contributed by atoms with van der Waals surface area (Å²) in [5, 5.41) is 11.6. The fourth-order valence-corrected chi connectivity index (χ4v) is 1.08. The second-order valence-electron chi connectivity index (χ2n) is 3.49. The molecule has 4 N–H and O–H groups in total. The highest BCUT2D eigenvalue weighted by Crippen LogP contribution is 2.34. The summed E-state index contributed by atoms with van der Waals surface area (Å²) in [6.07, 6.45) is 1.66. The Kier molecular flexibility index (Phi) is 3.24. The molecule has 1 atom stereocenters. The third kappa shape index (κ3) is 2.65. The van der Waals surface area contributed by atoms with Crippen LogP contribution >= 0.6 is 0 Å². The molecule has 1 amide bonds. The maximum Gasteiger partial charge on any atom is 0.239 e. The SMILES string of the molecule is COCC(N)C(=O)NC1(CO)CC1. The van der Waals surface area contributed by atoms with Gasteiger partial charge in [0.15, 0.2) is 0 Å². The standard InChI is InChI=1S/C8H16N2O3/c1-13-4-6(9)7(12)10-8(5-11)2-3-8/h6,11H,2-5,9H2,1H3,(H,10,12). The molecular formula is C8H16N2O3. The number of nitrogens with two attached hydrogens (primary N) is 1. The first-order chi connectivity index (χ1) is 6.13. The number of aliphatic hydroxyl groups excluding tert-OH is 1. The fourth-order valence-electron chi connectivity index (χ4n) is 1.08. The van der Waals surface area contributed by atoms with Gasteiger partial charge >= 0.3 is 0 Å². The Morgan fingerprint density at radius 1 is 1.77 bits per heavy atom. The van der Waals surface area contributed by atoms with Gasteiger partial charge in [0.25, 0.3) is 0 Å². The summed E-state index contributed by atoms with van der Waals surface area (Å²) in [7, 11) is 1.49. The average molecular weight is 188 g/mol. The summed E-state index contributed by atoms with van der Waals surface area (Å²) >= 11 is 0. The molecule has 76 valence electrons. The van der Waals surface area contributed by atoms with E-state index in [-0.39, 0.29) is 24.7 Å². The lowest BCUT2D eigenvalue weighted by Gasteiger charge is -2.17. The monoisotopic (exact) mass is 188 g/mol. The van der Waals surface area contributed by atoms with Gasteiger partial charge in [-0.2, -0.15) is 0 Å². The summed E-state index contributed by atoms with van der Waals surface area (Å²) < 4.78 is 4.74. The first-order valence-electron chi connectivity index (χ1n) is 4.31. The van der Waals surface area contributed by atoms with Gasteiger partial charge in [0.2, 0.25) is 5.91 Å². The quantitative estimate of drug-likeness (QED) is 0.495. The van der Waals surface area contributed by atoms with E-state index in [0.717, 1.165) is 12.8 Å². The van der Waals surface area contributed by atoms with Crippen LogP contribution in [0.15, 0.2) is 0 Å². The minimum absolute atomic E-state index is 0.0154. The Morgan fingerprint density at radius 3 is 2.77 bits per heavy atom. The lowest BCUT2D eigenvalue weighted by molar-refractivity contribution is -0.124. The van der Waals surface area contributed by atoms with E-state index in [1.165, 1.54) is 7.11 Å².